The molecule has 17 heavy (non-hydrogen) atoms. The monoisotopic (exact) mass is 255 g/mol. The molecule has 2 nitrogen and oxygen atoms in total. The largest absolute Gasteiger partial charge is 0.310 e. The first kappa shape index (κ1) is 12.5. The van der Waals surface area contributed by atoms with E-state index in [4.69, 9.17) is 11.6 Å². The minimum Gasteiger partial charge on any atom is -0.310 e. The van der Waals surface area contributed by atoms with E-state index in [0.717, 1.165) is 12.8 Å². The Morgan fingerprint density at radius 2 is 2.06 bits per heavy atom. The summed E-state index contributed by atoms with van der Waals surface area (Å²) in [7, 11) is 0. The van der Waals surface area contributed by atoms with E-state index < -0.39 is 0 Å². The lowest BCUT2D eigenvalue weighted by Crippen LogP contribution is -2.33. The van der Waals surface area contributed by atoms with Crippen molar-refractivity contribution in [1.29, 1.82) is 0 Å². The van der Waals surface area contributed by atoms with Crippen molar-refractivity contribution in [3.05, 3.63) is 34.6 Å². The summed E-state index contributed by atoms with van der Waals surface area (Å²) >= 11 is 5.82. The number of nitrogens with one attached hydrogen (secondary N) is 1. The van der Waals surface area contributed by atoms with Gasteiger partial charge in [-0.3, -0.25) is 4.79 Å². The molecule has 0 spiro atoms. The second-order valence-electron chi connectivity index (χ2n) is 4.43. The molecule has 92 valence electrons. The summed E-state index contributed by atoms with van der Waals surface area (Å²) in [6, 6.07) is 4.87. The molecular formula is C13H15ClFNO. The number of halogens is 2. The van der Waals surface area contributed by atoms with Crippen molar-refractivity contribution in [1.82, 2.24) is 5.32 Å². The van der Waals surface area contributed by atoms with Crippen LogP contribution >= 0.6 is 11.6 Å². The Hall–Kier alpha value is -0.930. The molecule has 0 atom stereocenters. The zero-order chi connectivity index (χ0) is 12.3. The zero-order valence-electron chi connectivity index (χ0n) is 9.51. The quantitative estimate of drug-likeness (QED) is 0.899. The van der Waals surface area contributed by atoms with E-state index in [2.05, 4.69) is 5.32 Å². The van der Waals surface area contributed by atoms with Crippen molar-refractivity contribution in [2.45, 2.75) is 38.3 Å². The predicted molar refractivity (Wildman–Crippen MR) is 65.5 cm³/mol. The van der Waals surface area contributed by atoms with Crippen LogP contribution in [-0.2, 0) is 11.3 Å². The fourth-order valence-electron chi connectivity index (χ4n) is 2.08. The van der Waals surface area contributed by atoms with Gasteiger partial charge in [0.25, 0.3) is 0 Å². The van der Waals surface area contributed by atoms with Crippen molar-refractivity contribution < 1.29 is 9.18 Å². The Labute approximate surface area is 105 Å². The van der Waals surface area contributed by atoms with Gasteiger partial charge in [0.1, 0.15) is 11.6 Å². The highest BCUT2D eigenvalue weighted by Gasteiger charge is 2.18. The highest BCUT2D eigenvalue weighted by molar-refractivity contribution is 6.30. The number of hydrogen-bond donors (Lipinski definition) is 1. The predicted octanol–water partition coefficient (Wildman–Crippen LogP) is 3.08. The van der Waals surface area contributed by atoms with Crippen LogP contribution in [0.5, 0.6) is 0 Å². The first-order valence-corrected chi connectivity index (χ1v) is 6.22. The zero-order valence-corrected chi connectivity index (χ0v) is 10.3. The Bertz CT molecular complexity index is 412. The van der Waals surface area contributed by atoms with Crippen LogP contribution < -0.4 is 5.32 Å². The molecular weight excluding hydrogens is 241 g/mol. The van der Waals surface area contributed by atoms with Crippen molar-refractivity contribution in [3.63, 3.8) is 0 Å². The maximum absolute atomic E-state index is 13.4. The maximum Gasteiger partial charge on any atom is 0.133 e. The molecule has 0 bridgehead atoms. The van der Waals surface area contributed by atoms with E-state index in [-0.39, 0.29) is 5.82 Å². The van der Waals surface area contributed by atoms with Gasteiger partial charge in [-0.2, -0.15) is 0 Å². The normalized spacial score (nSPS) is 17.4. The second kappa shape index (κ2) is 5.61. The van der Waals surface area contributed by atoms with Crippen LogP contribution in [0.25, 0.3) is 0 Å². The van der Waals surface area contributed by atoms with E-state index in [1.54, 1.807) is 12.1 Å². The van der Waals surface area contributed by atoms with Gasteiger partial charge in [-0.05, 0) is 31.0 Å². The van der Waals surface area contributed by atoms with Crippen molar-refractivity contribution in [2.24, 2.45) is 0 Å². The molecule has 0 amide bonds. The molecule has 0 aromatic heterocycles. The summed E-state index contributed by atoms with van der Waals surface area (Å²) in [6.45, 7) is 0.464. The summed E-state index contributed by atoms with van der Waals surface area (Å²) in [5, 5.41) is 3.82. The van der Waals surface area contributed by atoms with Crippen molar-refractivity contribution >= 4 is 17.4 Å². The SMILES string of the molecule is O=C1CCC(NCc2cc(Cl)ccc2F)CC1. The minimum atomic E-state index is -0.242. The number of carbonyl (C=O) groups is 1. The van der Waals surface area contributed by atoms with E-state index in [1.165, 1.54) is 6.07 Å². The fraction of sp³-hybridized carbons (Fsp3) is 0.462. The third-order valence-corrected chi connectivity index (χ3v) is 3.37. The number of Topliss-reactive ketones (excluding diaryl/α,β-unsaturated/α-hetero) is 1. The van der Waals surface area contributed by atoms with Crippen LogP contribution in [0.2, 0.25) is 5.02 Å². The molecule has 0 aliphatic heterocycles. The smallest absolute Gasteiger partial charge is 0.133 e. The summed E-state index contributed by atoms with van der Waals surface area (Å²) < 4.78 is 13.4. The molecule has 2 rings (SSSR count). The molecule has 4 heteroatoms. The average Bonchev–Trinajstić information content (AvgIpc) is 2.32. The Morgan fingerprint density at radius 3 is 2.76 bits per heavy atom. The molecule has 1 aromatic carbocycles. The van der Waals surface area contributed by atoms with Crippen LogP contribution in [-0.4, -0.2) is 11.8 Å². The fourth-order valence-corrected chi connectivity index (χ4v) is 2.27. The lowest BCUT2D eigenvalue weighted by molar-refractivity contribution is -0.120. The molecule has 1 aliphatic rings. The number of hydrogen-bond acceptors (Lipinski definition) is 2. The molecule has 1 N–H and O–H groups in total. The number of carbonyl (C=O) groups excluding carboxylic acids is 1. The van der Waals surface area contributed by atoms with Gasteiger partial charge in [0.05, 0.1) is 0 Å². The summed E-state index contributed by atoms with van der Waals surface area (Å²) in [6.07, 6.45) is 2.97. The van der Waals surface area contributed by atoms with Crippen LogP contribution in [0.1, 0.15) is 31.2 Å². The average molecular weight is 256 g/mol. The van der Waals surface area contributed by atoms with Crippen molar-refractivity contribution in [3.8, 4) is 0 Å². The molecule has 0 radical (unpaired) electrons. The van der Waals surface area contributed by atoms with Gasteiger partial charge in [0, 0.05) is 36.0 Å². The highest BCUT2D eigenvalue weighted by Crippen LogP contribution is 2.18. The first-order chi connectivity index (χ1) is 8.15. The maximum atomic E-state index is 13.4. The summed E-state index contributed by atoms with van der Waals surface area (Å²) in [5.74, 6) is 0.0887. The molecule has 1 aliphatic carbocycles. The van der Waals surface area contributed by atoms with Gasteiger partial charge < -0.3 is 5.32 Å². The van der Waals surface area contributed by atoms with Gasteiger partial charge in [-0.15, -0.1) is 0 Å². The van der Waals surface area contributed by atoms with Crippen LogP contribution in [0.3, 0.4) is 0 Å². The lowest BCUT2D eigenvalue weighted by atomic mass is 9.94. The van der Waals surface area contributed by atoms with E-state index in [9.17, 15) is 9.18 Å². The highest BCUT2D eigenvalue weighted by atomic mass is 35.5. The molecule has 0 unspecified atom stereocenters. The van der Waals surface area contributed by atoms with Gasteiger partial charge in [-0.1, -0.05) is 11.6 Å². The van der Waals surface area contributed by atoms with Gasteiger partial charge in [-0.25, -0.2) is 4.39 Å². The Kier molecular flexibility index (Phi) is 4.13. The Balaban J connectivity index is 1.89. The van der Waals surface area contributed by atoms with Gasteiger partial charge >= 0.3 is 0 Å². The number of benzene rings is 1. The summed E-state index contributed by atoms with van der Waals surface area (Å²) in [5.41, 5.74) is 0.578. The van der Waals surface area contributed by atoms with Crippen molar-refractivity contribution in [2.75, 3.05) is 0 Å². The second-order valence-corrected chi connectivity index (χ2v) is 4.87. The van der Waals surface area contributed by atoms with Crippen LogP contribution in [0.15, 0.2) is 18.2 Å². The standard InChI is InChI=1S/C13H15ClFNO/c14-10-1-6-13(15)9(7-10)8-16-11-2-4-12(17)5-3-11/h1,6-7,11,16H,2-5,8H2. The van der Waals surface area contributed by atoms with Crippen LogP contribution in [0.4, 0.5) is 4.39 Å². The van der Waals surface area contributed by atoms with Gasteiger partial charge in [0.15, 0.2) is 0 Å². The molecule has 1 saturated carbocycles. The first-order valence-electron chi connectivity index (χ1n) is 5.84. The third-order valence-electron chi connectivity index (χ3n) is 3.13. The van der Waals surface area contributed by atoms with E-state index in [0.29, 0.717) is 41.8 Å². The third kappa shape index (κ3) is 3.51. The molecule has 1 aromatic rings. The topological polar surface area (TPSA) is 29.1 Å². The minimum absolute atomic E-state index is 0.242. The Morgan fingerprint density at radius 1 is 1.35 bits per heavy atom. The number of rotatable bonds is 3. The summed E-state index contributed by atoms with van der Waals surface area (Å²) in [4.78, 5) is 11.1. The molecule has 0 heterocycles. The molecule has 0 saturated heterocycles. The lowest BCUT2D eigenvalue weighted by Gasteiger charge is -2.22. The van der Waals surface area contributed by atoms with Gasteiger partial charge in [0.2, 0.25) is 0 Å². The molecule has 1 fully saturated rings. The number of ketones is 1. The van der Waals surface area contributed by atoms with E-state index in [1.807, 2.05) is 0 Å². The van der Waals surface area contributed by atoms with E-state index >= 15 is 0 Å². The van der Waals surface area contributed by atoms with Crippen LogP contribution in [0, 0.1) is 5.82 Å².